The van der Waals surface area contributed by atoms with Crippen LogP contribution in [0, 0.1) is 5.41 Å². The van der Waals surface area contributed by atoms with Crippen LogP contribution in [0.1, 0.15) is 50.9 Å². The lowest BCUT2D eigenvalue weighted by Gasteiger charge is -2.29. The van der Waals surface area contributed by atoms with Crippen LogP contribution in [0.25, 0.3) is 0 Å². The Balaban J connectivity index is 1.87. The number of phenolic OH excluding ortho intramolecular Hbond substituents is 2. The monoisotopic (exact) mass is 342 g/mol. The van der Waals surface area contributed by atoms with Crippen molar-refractivity contribution in [2.24, 2.45) is 5.41 Å². The van der Waals surface area contributed by atoms with Gasteiger partial charge in [-0.3, -0.25) is 0 Å². The molecule has 4 heteroatoms. The fourth-order valence-corrected chi connectivity index (χ4v) is 2.85. The molecule has 2 atom stereocenters. The predicted molar refractivity (Wildman–Crippen MR) is 103 cm³/mol. The number of hydrogen-bond donors (Lipinski definition) is 4. The summed E-state index contributed by atoms with van der Waals surface area (Å²) in [5.74, 6) is 0.651. The van der Waals surface area contributed by atoms with Crippen molar-refractivity contribution < 1.29 is 10.2 Å². The number of hydrogen-bond acceptors (Lipinski definition) is 4. The van der Waals surface area contributed by atoms with Gasteiger partial charge in [0.05, 0.1) is 0 Å². The molecule has 0 aliphatic carbocycles. The van der Waals surface area contributed by atoms with Crippen LogP contribution < -0.4 is 10.6 Å². The van der Waals surface area contributed by atoms with Crippen LogP contribution in [0.2, 0.25) is 0 Å². The Morgan fingerprint density at radius 3 is 1.48 bits per heavy atom. The van der Waals surface area contributed by atoms with Crippen LogP contribution >= 0.6 is 0 Å². The number of benzene rings is 2. The number of para-hydroxylation sites is 2. The van der Waals surface area contributed by atoms with E-state index in [2.05, 4.69) is 38.3 Å². The first kappa shape index (κ1) is 19.3. The van der Waals surface area contributed by atoms with Crippen molar-refractivity contribution in [1.29, 1.82) is 0 Å². The molecule has 25 heavy (non-hydrogen) atoms. The van der Waals surface area contributed by atoms with Crippen molar-refractivity contribution in [3.63, 3.8) is 0 Å². The third-order valence-corrected chi connectivity index (χ3v) is 4.58. The van der Waals surface area contributed by atoms with E-state index in [1.165, 1.54) is 0 Å². The van der Waals surface area contributed by atoms with Gasteiger partial charge in [-0.1, -0.05) is 50.2 Å². The topological polar surface area (TPSA) is 64.5 Å². The van der Waals surface area contributed by atoms with E-state index in [0.717, 1.165) is 24.2 Å². The molecule has 0 aliphatic rings. The highest BCUT2D eigenvalue weighted by atomic mass is 16.3. The predicted octanol–water partition coefficient (Wildman–Crippen LogP) is 4.13. The summed E-state index contributed by atoms with van der Waals surface area (Å²) in [4.78, 5) is 0. The van der Waals surface area contributed by atoms with Crippen LogP contribution in [-0.2, 0) is 0 Å². The Morgan fingerprint density at radius 2 is 1.12 bits per heavy atom. The van der Waals surface area contributed by atoms with Crippen LogP contribution in [-0.4, -0.2) is 23.3 Å². The summed E-state index contributed by atoms with van der Waals surface area (Å²) in [5.41, 5.74) is 1.85. The summed E-state index contributed by atoms with van der Waals surface area (Å²) in [6, 6.07) is 15.0. The van der Waals surface area contributed by atoms with Crippen molar-refractivity contribution in [3.8, 4) is 11.5 Å². The van der Waals surface area contributed by atoms with E-state index in [1.807, 2.05) is 36.4 Å². The highest BCUT2D eigenvalue weighted by molar-refractivity contribution is 5.34. The zero-order valence-corrected chi connectivity index (χ0v) is 15.6. The van der Waals surface area contributed by atoms with Gasteiger partial charge in [0.2, 0.25) is 0 Å². The Morgan fingerprint density at radius 1 is 0.760 bits per heavy atom. The lowest BCUT2D eigenvalue weighted by atomic mass is 9.92. The third-order valence-electron chi connectivity index (χ3n) is 4.58. The van der Waals surface area contributed by atoms with Crippen molar-refractivity contribution >= 4 is 0 Å². The maximum atomic E-state index is 9.96. The van der Waals surface area contributed by atoms with Gasteiger partial charge >= 0.3 is 0 Å². The van der Waals surface area contributed by atoms with E-state index in [9.17, 15) is 10.2 Å². The molecule has 0 aliphatic heterocycles. The first-order valence-corrected chi connectivity index (χ1v) is 8.83. The summed E-state index contributed by atoms with van der Waals surface area (Å²) in [7, 11) is 0. The highest BCUT2D eigenvalue weighted by Gasteiger charge is 2.21. The molecule has 0 amide bonds. The minimum atomic E-state index is 0.0251. The summed E-state index contributed by atoms with van der Waals surface area (Å²) in [6.45, 7) is 10.1. The molecule has 0 radical (unpaired) electrons. The van der Waals surface area contributed by atoms with E-state index in [4.69, 9.17) is 0 Å². The standard InChI is InChI=1S/C21H30N2O2/c1-15(17-9-5-7-11-19(17)24)22-13-21(3,4)14-23-16(2)18-10-6-8-12-20(18)25/h5-12,15-16,22-25H,13-14H2,1-4H3/t15-,16+. The van der Waals surface area contributed by atoms with Gasteiger partial charge in [0, 0.05) is 36.3 Å². The summed E-state index contributed by atoms with van der Waals surface area (Å²) in [5, 5.41) is 26.9. The highest BCUT2D eigenvalue weighted by Crippen LogP contribution is 2.26. The van der Waals surface area contributed by atoms with Gasteiger partial charge < -0.3 is 20.8 Å². The quantitative estimate of drug-likeness (QED) is 0.582. The number of nitrogens with one attached hydrogen (secondary N) is 2. The molecular formula is C21H30N2O2. The van der Waals surface area contributed by atoms with E-state index in [-0.39, 0.29) is 17.5 Å². The maximum Gasteiger partial charge on any atom is 0.120 e. The molecule has 0 heterocycles. The summed E-state index contributed by atoms with van der Waals surface area (Å²) >= 11 is 0. The second-order valence-corrected chi connectivity index (χ2v) is 7.49. The molecule has 4 nitrogen and oxygen atoms in total. The van der Waals surface area contributed by atoms with Gasteiger partial charge in [-0.25, -0.2) is 0 Å². The Kier molecular flexibility index (Phi) is 6.45. The maximum absolute atomic E-state index is 9.96. The third kappa shape index (κ3) is 5.48. The van der Waals surface area contributed by atoms with Crippen LogP contribution in [0.3, 0.4) is 0 Å². The average molecular weight is 342 g/mol. The fourth-order valence-electron chi connectivity index (χ4n) is 2.85. The van der Waals surface area contributed by atoms with Gasteiger partial charge in [0.15, 0.2) is 0 Å². The zero-order chi connectivity index (χ0) is 18.4. The van der Waals surface area contributed by atoms with Gasteiger partial charge in [-0.05, 0) is 31.4 Å². The largest absolute Gasteiger partial charge is 0.508 e. The first-order valence-electron chi connectivity index (χ1n) is 8.83. The fraction of sp³-hybridized carbons (Fsp3) is 0.429. The van der Waals surface area contributed by atoms with E-state index >= 15 is 0 Å². The molecule has 2 aromatic carbocycles. The molecule has 0 saturated carbocycles. The minimum Gasteiger partial charge on any atom is -0.508 e. The van der Waals surface area contributed by atoms with E-state index in [1.54, 1.807) is 12.1 Å². The number of rotatable bonds is 8. The summed E-state index contributed by atoms with van der Waals surface area (Å²) in [6.07, 6.45) is 0. The minimum absolute atomic E-state index is 0.0251. The van der Waals surface area contributed by atoms with Gasteiger partial charge in [0.1, 0.15) is 11.5 Å². The molecule has 136 valence electrons. The lowest BCUT2D eigenvalue weighted by Crippen LogP contribution is -2.39. The molecule has 2 rings (SSSR count). The molecule has 0 bridgehead atoms. The molecule has 2 aromatic rings. The van der Waals surface area contributed by atoms with Crippen molar-refractivity contribution in [2.75, 3.05) is 13.1 Å². The Bertz CT molecular complexity index is 628. The van der Waals surface area contributed by atoms with Crippen LogP contribution in [0.4, 0.5) is 0 Å². The number of aromatic hydroxyl groups is 2. The zero-order valence-electron chi connectivity index (χ0n) is 15.6. The normalized spacial score (nSPS) is 14.2. The molecular weight excluding hydrogens is 312 g/mol. The van der Waals surface area contributed by atoms with Gasteiger partial charge in [0.25, 0.3) is 0 Å². The van der Waals surface area contributed by atoms with E-state index < -0.39 is 0 Å². The van der Waals surface area contributed by atoms with Crippen LogP contribution in [0.5, 0.6) is 11.5 Å². The van der Waals surface area contributed by atoms with Crippen molar-refractivity contribution in [1.82, 2.24) is 10.6 Å². The second kappa shape index (κ2) is 8.37. The second-order valence-electron chi connectivity index (χ2n) is 7.49. The van der Waals surface area contributed by atoms with E-state index in [0.29, 0.717) is 11.5 Å². The smallest absolute Gasteiger partial charge is 0.120 e. The Labute approximate surface area is 150 Å². The van der Waals surface area contributed by atoms with Crippen LogP contribution in [0.15, 0.2) is 48.5 Å². The van der Waals surface area contributed by atoms with Gasteiger partial charge in [-0.15, -0.1) is 0 Å². The molecule has 0 saturated heterocycles. The molecule has 0 unspecified atom stereocenters. The van der Waals surface area contributed by atoms with Gasteiger partial charge in [-0.2, -0.15) is 0 Å². The average Bonchev–Trinajstić information content (AvgIpc) is 2.59. The first-order chi connectivity index (χ1) is 11.8. The molecule has 0 spiro atoms. The van der Waals surface area contributed by atoms with Crippen molar-refractivity contribution in [2.45, 2.75) is 39.8 Å². The summed E-state index contributed by atoms with van der Waals surface area (Å²) < 4.78 is 0. The molecule has 0 fully saturated rings. The molecule has 4 N–H and O–H groups in total. The number of phenols is 2. The Hall–Kier alpha value is -2.04. The van der Waals surface area contributed by atoms with Crippen molar-refractivity contribution in [3.05, 3.63) is 59.7 Å². The SMILES string of the molecule is C[C@H](NCC(C)(C)CN[C@H](C)c1ccccc1O)c1ccccc1O. The lowest BCUT2D eigenvalue weighted by molar-refractivity contribution is 0.293. The molecule has 0 aromatic heterocycles.